The molecule has 1 aliphatic heterocycles. The molecule has 2 rings (SSSR count). The molecule has 0 bridgehead atoms. The first kappa shape index (κ1) is 6.91. The monoisotopic (exact) mass is 167 g/mol. The minimum Gasteiger partial charge on any atom is -0.288 e. The van der Waals surface area contributed by atoms with Gasteiger partial charge in [0.1, 0.15) is 0 Å². The molecule has 0 saturated carbocycles. The Hall–Kier alpha value is -0.770. The van der Waals surface area contributed by atoms with Gasteiger partial charge in [-0.1, -0.05) is 0 Å². The highest BCUT2D eigenvalue weighted by Crippen LogP contribution is 2.24. The van der Waals surface area contributed by atoms with Crippen LogP contribution < -0.4 is 0 Å². The molecule has 0 N–H and O–H groups in total. The summed E-state index contributed by atoms with van der Waals surface area (Å²) in [5.74, 6) is 0. The normalized spacial score (nSPS) is 23.8. The Kier molecular flexibility index (Phi) is 1.94. The van der Waals surface area contributed by atoms with Crippen molar-refractivity contribution in [2.24, 2.45) is 4.99 Å². The molecule has 58 valence electrons. The number of aromatic nitrogens is 2. The van der Waals surface area contributed by atoms with Gasteiger partial charge < -0.3 is 0 Å². The van der Waals surface area contributed by atoms with Crippen molar-refractivity contribution in [3.63, 3.8) is 0 Å². The predicted molar refractivity (Wildman–Crippen MR) is 45.0 cm³/mol. The van der Waals surface area contributed by atoms with Crippen molar-refractivity contribution in [2.45, 2.75) is 25.3 Å². The number of rotatable bonds is 1. The molecule has 1 atom stereocenters. The number of nitrogens with zero attached hydrogens (tertiary/aromatic N) is 3. The van der Waals surface area contributed by atoms with Gasteiger partial charge in [0.25, 0.3) is 0 Å². The second kappa shape index (κ2) is 3.09. The molecule has 0 aromatic carbocycles. The summed E-state index contributed by atoms with van der Waals surface area (Å²) in [4.78, 5) is 4.35. The minimum absolute atomic E-state index is 0.294. The minimum atomic E-state index is 0.294. The maximum absolute atomic E-state index is 4.35. The molecule has 0 aliphatic carbocycles. The quantitative estimate of drug-likeness (QED) is 0.640. The lowest BCUT2D eigenvalue weighted by atomic mass is 10.1. The summed E-state index contributed by atoms with van der Waals surface area (Å²) in [7, 11) is 0. The molecule has 1 aromatic rings. The zero-order chi connectivity index (χ0) is 7.52. The molecule has 1 aromatic heterocycles. The van der Waals surface area contributed by atoms with Gasteiger partial charge in [0.05, 0.1) is 29.7 Å². The van der Waals surface area contributed by atoms with E-state index in [2.05, 4.69) is 13.7 Å². The fourth-order valence-electron chi connectivity index (χ4n) is 1.22. The standard InChI is InChI=1S/C7H9N3S/c1-2-4-8-6(3-1)7-5-9-11-10-7/h4-6H,1-3H2. The largest absolute Gasteiger partial charge is 0.288 e. The van der Waals surface area contributed by atoms with E-state index >= 15 is 0 Å². The van der Waals surface area contributed by atoms with Crippen LogP contribution in [0.4, 0.5) is 0 Å². The van der Waals surface area contributed by atoms with Crippen LogP contribution >= 0.6 is 11.7 Å². The van der Waals surface area contributed by atoms with E-state index in [1.807, 2.05) is 12.4 Å². The third-order valence-corrected chi connectivity index (χ3v) is 2.31. The number of hydrogen-bond donors (Lipinski definition) is 0. The van der Waals surface area contributed by atoms with Gasteiger partial charge in [0, 0.05) is 0 Å². The average molecular weight is 167 g/mol. The highest BCUT2D eigenvalue weighted by atomic mass is 32.1. The summed E-state index contributed by atoms with van der Waals surface area (Å²) in [5.41, 5.74) is 1.03. The van der Waals surface area contributed by atoms with Crippen LogP contribution in [0.3, 0.4) is 0 Å². The fourth-order valence-corrected chi connectivity index (χ4v) is 1.69. The van der Waals surface area contributed by atoms with E-state index in [1.54, 1.807) is 0 Å². The summed E-state index contributed by atoms with van der Waals surface area (Å²) < 4.78 is 8.11. The first-order chi connectivity index (χ1) is 5.47. The van der Waals surface area contributed by atoms with Crippen molar-refractivity contribution < 1.29 is 0 Å². The highest BCUT2D eigenvalue weighted by molar-refractivity contribution is 6.99. The summed E-state index contributed by atoms with van der Waals surface area (Å²) >= 11 is 1.26. The van der Waals surface area contributed by atoms with Gasteiger partial charge in [0.15, 0.2) is 0 Å². The Balaban J connectivity index is 2.16. The van der Waals surface area contributed by atoms with Crippen molar-refractivity contribution in [1.29, 1.82) is 0 Å². The van der Waals surface area contributed by atoms with E-state index < -0.39 is 0 Å². The molecule has 0 saturated heterocycles. The van der Waals surface area contributed by atoms with E-state index in [0.29, 0.717) is 6.04 Å². The van der Waals surface area contributed by atoms with Gasteiger partial charge in [-0.3, -0.25) is 4.99 Å². The molecule has 2 heterocycles. The molecule has 11 heavy (non-hydrogen) atoms. The third-order valence-electron chi connectivity index (χ3n) is 1.82. The second-order valence-electron chi connectivity index (χ2n) is 2.61. The number of hydrogen-bond acceptors (Lipinski definition) is 4. The molecular formula is C7H9N3S. The summed E-state index contributed by atoms with van der Waals surface area (Å²) in [5, 5.41) is 0. The zero-order valence-electron chi connectivity index (χ0n) is 6.10. The van der Waals surface area contributed by atoms with E-state index in [9.17, 15) is 0 Å². The van der Waals surface area contributed by atoms with Crippen molar-refractivity contribution in [3.8, 4) is 0 Å². The highest BCUT2D eigenvalue weighted by Gasteiger charge is 2.13. The van der Waals surface area contributed by atoms with Crippen LogP contribution in [0.1, 0.15) is 31.0 Å². The molecule has 1 unspecified atom stereocenters. The van der Waals surface area contributed by atoms with Crippen LogP contribution in [0, 0.1) is 0 Å². The Morgan fingerprint density at radius 1 is 1.55 bits per heavy atom. The molecule has 0 fully saturated rings. The van der Waals surface area contributed by atoms with Gasteiger partial charge in [-0.2, -0.15) is 8.75 Å². The summed E-state index contributed by atoms with van der Waals surface area (Å²) in [6.45, 7) is 0. The van der Waals surface area contributed by atoms with Crippen molar-refractivity contribution in [3.05, 3.63) is 11.9 Å². The molecule has 1 aliphatic rings. The molecule has 0 radical (unpaired) electrons. The van der Waals surface area contributed by atoms with Gasteiger partial charge >= 0.3 is 0 Å². The van der Waals surface area contributed by atoms with Crippen LogP contribution in [0.5, 0.6) is 0 Å². The van der Waals surface area contributed by atoms with E-state index in [1.165, 1.54) is 18.1 Å². The Morgan fingerprint density at radius 2 is 2.55 bits per heavy atom. The molecule has 0 amide bonds. The Bertz CT molecular complexity index is 242. The fraction of sp³-hybridized carbons (Fsp3) is 0.571. The van der Waals surface area contributed by atoms with Crippen LogP contribution in [0.25, 0.3) is 0 Å². The lowest BCUT2D eigenvalue weighted by Crippen LogP contribution is -2.01. The van der Waals surface area contributed by atoms with Crippen molar-refractivity contribution >= 4 is 17.9 Å². The first-order valence-electron chi connectivity index (χ1n) is 3.76. The van der Waals surface area contributed by atoms with Crippen LogP contribution in [-0.4, -0.2) is 15.0 Å². The van der Waals surface area contributed by atoms with Crippen LogP contribution in [0.15, 0.2) is 11.2 Å². The van der Waals surface area contributed by atoms with Gasteiger partial charge in [-0.15, -0.1) is 0 Å². The lowest BCUT2D eigenvalue weighted by molar-refractivity contribution is 0.594. The van der Waals surface area contributed by atoms with Gasteiger partial charge in [0.2, 0.25) is 0 Å². The smallest absolute Gasteiger partial charge is 0.0987 e. The third kappa shape index (κ3) is 1.45. The van der Waals surface area contributed by atoms with Gasteiger partial charge in [-0.25, -0.2) is 0 Å². The average Bonchev–Trinajstić information content (AvgIpc) is 2.58. The maximum Gasteiger partial charge on any atom is 0.0987 e. The van der Waals surface area contributed by atoms with Gasteiger partial charge in [-0.05, 0) is 25.5 Å². The topological polar surface area (TPSA) is 38.1 Å². The maximum atomic E-state index is 4.35. The summed E-state index contributed by atoms with van der Waals surface area (Å²) in [6, 6.07) is 0.294. The SMILES string of the molecule is C1=NC(c2cnsn2)CCC1. The second-order valence-corrected chi connectivity index (χ2v) is 3.17. The summed E-state index contributed by atoms with van der Waals surface area (Å²) in [6.07, 6.45) is 7.28. The first-order valence-corrected chi connectivity index (χ1v) is 4.49. The van der Waals surface area contributed by atoms with Crippen LogP contribution in [0.2, 0.25) is 0 Å². The van der Waals surface area contributed by atoms with Crippen molar-refractivity contribution in [2.75, 3.05) is 0 Å². The van der Waals surface area contributed by atoms with E-state index in [0.717, 1.165) is 18.5 Å². The number of aliphatic imine (C=N–C) groups is 1. The predicted octanol–water partition coefficient (Wildman–Crippen LogP) is 1.83. The Labute approximate surface area is 69.5 Å². The van der Waals surface area contributed by atoms with E-state index in [-0.39, 0.29) is 0 Å². The van der Waals surface area contributed by atoms with Crippen molar-refractivity contribution in [1.82, 2.24) is 8.75 Å². The molecule has 4 heteroatoms. The lowest BCUT2D eigenvalue weighted by Gasteiger charge is -2.11. The Morgan fingerprint density at radius 3 is 3.18 bits per heavy atom. The molecule has 3 nitrogen and oxygen atoms in total. The van der Waals surface area contributed by atoms with E-state index in [4.69, 9.17) is 0 Å². The zero-order valence-corrected chi connectivity index (χ0v) is 6.92. The van der Waals surface area contributed by atoms with Crippen LogP contribution in [-0.2, 0) is 0 Å². The molecular weight excluding hydrogens is 158 g/mol. The molecule has 0 spiro atoms.